The molecule has 3 aliphatic heterocycles. The van der Waals surface area contributed by atoms with Crippen LogP contribution in [0.4, 0.5) is 4.79 Å². The number of amides is 2. The number of carbonyl (C=O) groups excluding carboxylic acids is 1. The van der Waals surface area contributed by atoms with Gasteiger partial charge in [-0.05, 0) is 30.5 Å². The molecule has 1 aromatic carbocycles. The maximum atomic E-state index is 12.8. The molecule has 0 bridgehead atoms. The molecular weight excluding hydrogens is 403 g/mol. The van der Waals surface area contributed by atoms with Crippen molar-refractivity contribution in [1.82, 2.24) is 10.2 Å². The van der Waals surface area contributed by atoms with Gasteiger partial charge in [-0.3, -0.25) is 0 Å². The summed E-state index contributed by atoms with van der Waals surface area (Å²) in [5, 5.41) is 4.39. The van der Waals surface area contributed by atoms with Crippen molar-refractivity contribution >= 4 is 29.2 Å². The Labute approximate surface area is 175 Å². The topological polar surface area (TPSA) is 60.0 Å². The number of rotatable bonds is 3. The van der Waals surface area contributed by atoms with Gasteiger partial charge in [-0.1, -0.05) is 29.3 Å². The monoisotopic (exact) mass is 428 g/mol. The number of halogens is 2. The second-order valence-corrected chi connectivity index (χ2v) is 8.61. The van der Waals surface area contributed by atoms with E-state index in [0.717, 1.165) is 18.4 Å². The highest BCUT2D eigenvalue weighted by atomic mass is 35.5. The Balaban J connectivity index is 1.41. The number of urea groups is 1. The summed E-state index contributed by atoms with van der Waals surface area (Å²) in [6.45, 7) is 4.35. The molecule has 0 aliphatic carbocycles. The summed E-state index contributed by atoms with van der Waals surface area (Å²) in [5.74, 6) is -0.477. The third kappa shape index (κ3) is 4.12. The van der Waals surface area contributed by atoms with Crippen LogP contribution in [0.15, 0.2) is 18.2 Å². The Hall–Kier alpha value is -1.05. The molecule has 6 nitrogen and oxygen atoms in total. The van der Waals surface area contributed by atoms with Crippen molar-refractivity contribution < 1.29 is 19.0 Å². The first-order chi connectivity index (χ1) is 13.5. The largest absolute Gasteiger partial charge is 0.381 e. The van der Waals surface area contributed by atoms with Gasteiger partial charge in [0.15, 0.2) is 5.79 Å². The average Bonchev–Trinajstić information content (AvgIpc) is 3.15. The van der Waals surface area contributed by atoms with E-state index in [1.54, 1.807) is 6.07 Å². The number of piperidine rings is 1. The summed E-state index contributed by atoms with van der Waals surface area (Å²) < 4.78 is 17.0. The Bertz CT molecular complexity index is 708. The molecule has 0 atom stereocenters. The van der Waals surface area contributed by atoms with Gasteiger partial charge in [-0.2, -0.15) is 0 Å². The standard InChI is InChI=1S/C20H26Cl2N2O4/c21-15-1-2-16(17(22)13-15)19(5-9-26-10-6-19)14-23-18(25)24-7-3-20(4-8-24)27-11-12-28-20/h1-2,13H,3-12,14H2,(H,23,25). The van der Waals surface area contributed by atoms with Gasteiger partial charge in [0, 0.05) is 61.1 Å². The molecule has 1 aromatic rings. The van der Waals surface area contributed by atoms with Crippen LogP contribution >= 0.6 is 23.2 Å². The Morgan fingerprint density at radius 2 is 1.71 bits per heavy atom. The van der Waals surface area contributed by atoms with E-state index >= 15 is 0 Å². The summed E-state index contributed by atoms with van der Waals surface area (Å²) in [6, 6.07) is 5.54. The molecule has 2 amide bonds. The molecular formula is C20H26Cl2N2O4. The Morgan fingerprint density at radius 3 is 2.36 bits per heavy atom. The SMILES string of the molecule is O=C(NCC1(c2ccc(Cl)cc2Cl)CCOCC1)N1CCC2(CC1)OCCO2. The third-order valence-corrected chi connectivity index (χ3v) is 6.70. The zero-order valence-electron chi connectivity index (χ0n) is 15.8. The number of nitrogens with one attached hydrogen (secondary N) is 1. The lowest BCUT2D eigenvalue weighted by Crippen LogP contribution is -2.53. The second kappa shape index (κ2) is 8.36. The van der Waals surface area contributed by atoms with Crippen LogP contribution in [-0.2, 0) is 19.6 Å². The molecule has 1 N–H and O–H groups in total. The van der Waals surface area contributed by atoms with Crippen LogP contribution < -0.4 is 5.32 Å². The fourth-order valence-corrected chi connectivity index (χ4v) is 5.02. The van der Waals surface area contributed by atoms with Crippen LogP contribution in [0.25, 0.3) is 0 Å². The molecule has 0 unspecified atom stereocenters. The number of likely N-dealkylation sites (tertiary alicyclic amines) is 1. The predicted octanol–water partition coefficient (Wildman–Crippen LogP) is 3.59. The van der Waals surface area contributed by atoms with Gasteiger partial charge in [-0.25, -0.2) is 4.79 Å². The Morgan fingerprint density at radius 1 is 1.04 bits per heavy atom. The molecule has 28 heavy (non-hydrogen) atoms. The van der Waals surface area contributed by atoms with E-state index in [1.807, 2.05) is 17.0 Å². The highest BCUT2D eigenvalue weighted by Crippen LogP contribution is 2.39. The van der Waals surface area contributed by atoms with Crippen molar-refractivity contribution in [2.45, 2.75) is 36.9 Å². The van der Waals surface area contributed by atoms with Crippen molar-refractivity contribution in [2.75, 3.05) is 46.1 Å². The molecule has 4 rings (SSSR count). The van der Waals surface area contributed by atoms with Crippen molar-refractivity contribution in [3.63, 3.8) is 0 Å². The lowest BCUT2D eigenvalue weighted by molar-refractivity contribution is -0.181. The van der Waals surface area contributed by atoms with Gasteiger partial charge in [-0.15, -0.1) is 0 Å². The van der Waals surface area contributed by atoms with Gasteiger partial charge in [0.2, 0.25) is 0 Å². The number of nitrogens with zero attached hydrogens (tertiary/aromatic N) is 1. The zero-order chi connectivity index (χ0) is 19.6. The molecule has 0 aromatic heterocycles. The molecule has 8 heteroatoms. The molecule has 1 spiro atoms. The molecule has 0 radical (unpaired) electrons. The first-order valence-electron chi connectivity index (χ1n) is 9.86. The summed E-state index contributed by atoms with van der Waals surface area (Å²) >= 11 is 12.6. The zero-order valence-corrected chi connectivity index (χ0v) is 17.4. The van der Waals surface area contributed by atoms with Crippen molar-refractivity contribution in [1.29, 1.82) is 0 Å². The van der Waals surface area contributed by atoms with E-state index in [4.69, 9.17) is 37.4 Å². The highest BCUT2D eigenvalue weighted by Gasteiger charge is 2.41. The summed E-state index contributed by atoms with van der Waals surface area (Å²) in [7, 11) is 0. The minimum Gasteiger partial charge on any atom is -0.381 e. The van der Waals surface area contributed by atoms with Crippen LogP contribution in [0.1, 0.15) is 31.2 Å². The molecule has 154 valence electrons. The average molecular weight is 429 g/mol. The van der Waals surface area contributed by atoms with Crippen molar-refractivity contribution in [3.8, 4) is 0 Å². The Kier molecular flexibility index (Phi) is 6.04. The molecule has 0 saturated carbocycles. The lowest BCUT2D eigenvalue weighted by atomic mass is 9.74. The number of hydrogen-bond acceptors (Lipinski definition) is 4. The fourth-order valence-electron chi connectivity index (χ4n) is 4.42. The maximum Gasteiger partial charge on any atom is 0.317 e. The minimum atomic E-state index is -0.477. The summed E-state index contributed by atoms with van der Waals surface area (Å²) in [6.07, 6.45) is 3.03. The summed E-state index contributed by atoms with van der Waals surface area (Å²) in [5.41, 5.74) is 0.775. The van der Waals surface area contributed by atoms with E-state index in [2.05, 4.69) is 5.32 Å². The van der Waals surface area contributed by atoms with E-state index in [9.17, 15) is 4.79 Å². The van der Waals surface area contributed by atoms with Gasteiger partial charge >= 0.3 is 6.03 Å². The first kappa shape index (κ1) is 20.2. The quantitative estimate of drug-likeness (QED) is 0.798. The van der Waals surface area contributed by atoms with Crippen LogP contribution in [0.3, 0.4) is 0 Å². The molecule has 3 saturated heterocycles. The van der Waals surface area contributed by atoms with Crippen LogP contribution in [0.2, 0.25) is 10.0 Å². The summed E-state index contributed by atoms with van der Waals surface area (Å²) in [4.78, 5) is 14.6. The van der Waals surface area contributed by atoms with Crippen molar-refractivity contribution in [2.24, 2.45) is 0 Å². The van der Waals surface area contributed by atoms with Gasteiger partial charge < -0.3 is 24.4 Å². The minimum absolute atomic E-state index is 0.0520. The van der Waals surface area contributed by atoms with Gasteiger partial charge in [0.1, 0.15) is 0 Å². The van der Waals surface area contributed by atoms with Crippen LogP contribution in [0, 0.1) is 0 Å². The molecule has 3 heterocycles. The first-order valence-corrected chi connectivity index (χ1v) is 10.6. The van der Waals surface area contributed by atoms with Crippen molar-refractivity contribution in [3.05, 3.63) is 33.8 Å². The van der Waals surface area contributed by atoms with Crippen LogP contribution in [0.5, 0.6) is 0 Å². The third-order valence-electron chi connectivity index (χ3n) is 6.16. The predicted molar refractivity (Wildman–Crippen MR) is 107 cm³/mol. The molecule has 3 aliphatic rings. The normalized spacial score (nSPS) is 23.7. The van der Waals surface area contributed by atoms with Crippen LogP contribution in [-0.4, -0.2) is 62.8 Å². The van der Waals surface area contributed by atoms with E-state index in [-0.39, 0.29) is 11.4 Å². The lowest BCUT2D eigenvalue weighted by Gasteiger charge is -2.40. The number of carbonyl (C=O) groups is 1. The van der Waals surface area contributed by atoms with E-state index < -0.39 is 5.79 Å². The number of ether oxygens (including phenoxy) is 3. The van der Waals surface area contributed by atoms with Gasteiger partial charge in [0.05, 0.1) is 13.2 Å². The number of benzene rings is 1. The smallest absolute Gasteiger partial charge is 0.317 e. The number of hydrogen-bond donors (Lipinski definition) is 1. The van der Waals surface area contributed by atoms with Gasteiger partial charge in [0.25, 0.3) is 0 Å². The highest BCUT2D eigenvalue weighted by molar-refractivity contribution is 6.35. The molecule has 3 fully saturated rings. The second-order valence-electron chi connectivity index (χ2n) is 7.77. The van der Waals surface area contributed by atoms with E-state index in [0.29, 0.717) is 68.9 Å². The van der Waals surface area contributed by atoms with E-state index in [1.165, 1.54) is 0 Å². The fraction of sp³-hybridized carbons (Fsp3) is 0.650. The maximum absolute atomic E-state index is 12.8.